The van der Waals surface area contributed by atoms with Crippen LogP contribution in [0, 0.1) is 13.8 Å². The maximum absolute atomic E-state index is 6.04. The van der Waals surface area contributed by atoms with Gasteiger partial charge in [-0.1, -0.05) is 23.4 Å². The number of hydrogen-bond donors (Lipinski definition) is 1. The van der Waals surface area contributed by atoms with Crippen molar-refractivity contribution in [2.45, 2.75) is 45.9 Å². The minimum atomic E-state index is -0.261. The van der Waals surface area contributed by atoms with Crippen molar-refractivity contribution >= 4 is 0 Å². The molecule has 0 radical (unpaired) electrons. The van der Waals surface area contributed by atoms with Crippen LogP contribution in [0.2, 0.25) is 0 Å². The van der Waals surface area contributed by atoms with Crippen LogP contribution in [0.4, 0.5) is 0 Å². The van der Waals surface area contributed by atoms with Crippen molar-refractivity contribution in [3.8, 4) is 5.75 Å². The minimum absolute atomic E-state index is 0.160. The van der Waals surface area contributed by atoms with Crippen LogP contribution in [0.3, 0.4) is 0 Å². The van der Waals surface area contributed by atoms with Gasteiger partial charge in [0, 0.05) is 17.7 Å². The summed E-state index contributed by atoms with van der Waals surface area (Å²) in [5.74, 6) is 1.84. The lowest BCUT2D eigenvalue weighted by molar-refractivity contribution is 0.0957. The summed E-state index contributed by atoms with van der Waals surface area (Å²) in [7, 11) is 0. The van der Waals surface area contributed by atoms with Crippen LogP contribution in [0.15, 0.2) is 28.8 Å². The molecule has 1 N–H and O–H groups in total. The van der Waals surface area contributed by atoms with E-state index in [4.69, 9.17) is 9.26 Å². The molecule has 2 heterocycles. The minimum Gasteiger partial charge on any atom is -0.486 e. The third-order valence-electron chi connectivity index (χ3n) is 3.96. The van der Waals surface area contributed by atoms with Crippen molar-refractivity contribution in [2.24, 2.45) is 0 Å². The summed E-state index contributed by atoms with van der Waals surface area (Å²) < 4.78 is 11.2. The summed E-state index contributed by atoms with van der Waals surface area (Å²) in [5, 5.41) is 7.58. The second-order valence-electron chi connectivity index (χ2n) is 5.86. The van der Waals surface area contributed by atoms with E-state index in [1.54, 1.807) is 0 Å². The van der Waals surface area contributed by atoms with Gasteiger partial charge in [0.05, 0.1) is 11.7 Å². The molecule has 1 aromatic heterocycles. The fraction of sp³-hybridized carbons (Fsp3) is 0.438. The lowest BCUT2D eigenvalue weighted by Gasteiger charge is -2.27. The van der Waals surface area contributed by atoms with Crippen molar-refractivity contribution in [2.75, 3.05) is 0 Å². The van der Waals surface area contributed by atoms with Crippen LogP contribution >= 0.6 is 0 Å². The molecule has 1 aliphatic heterocycles. The number of rotatable bonds is 3. The molecule has 0 spiro atoms. The summed E-state index contributed by atoms with van der Waals surface area (Å²) in [6.45, 7) is 8.86. The Kier molecular flexibility index (Phi) is 3.05. The van der Waals surface area contributed by atoms with Crippen LogP contribution in [0.5, 0.6) is 5.75 Å². The molecule has 0 saturated carbocycles. The van der Waals surface area contributed by atoms with Crippen molar-refractivity contribution in [1.82, 2.24) is 10.5 Å². The van der Waals surface area contributed by atoms with Crippen LogP contribution in [-0.4, -0.2) is 10.8 Å². The third-order valence-corrected chi connectivity index (χ3v) is 3.96. The number of fused-ring (bicyclic) bond motifs is 1. The Morgan fingerprint density at radius 1 is 1.25 bits per heavy atom. The third kappa shape index (κ3) is 2.10. The molecule has 1 aromatic carbocycles. The SMILES string of the molecule is Cc1noc(C)c1CNC1c2ccccc2OC1(C)C. The number of para-hydroxylation sites is 1. The van der Waals surface area contributed by atoms with Gasteiger partial charge < -0.3 is 14.6 Å². The molecule has 3 rings (SSSR count). The quantitative estimate of drug-likeness (QED) is 0.931. The van der Waals surface area contributed by atoms with Crippen LogP contribution in [-0.2, 0) is 6.54 Å². The van der Waals surface area contributed by atoms with E-state index in [2.05, 4.69) is 30.4 Å². The van der Waals surface area contributed by atoms with E-state index in [-0.39, 0.29) is 11.6 Å². The zero-order valence-corrected chi connectivity index (χ0v) is 12.4. The molecular formula is C16H20N2O2. The highest BCUT2D eigenvalue weighted by Crippen LogP contribution is 2.42. The zero-order valence-electron chi connectivity index (χ0n) is 12.4. The van der Waals surface area contributed by atoms with E-state index >= 15 is 0 Å². The first-order valence-electron chi connectivity index (χ1n) is 6.92. The Bertz CT molecular complexity index is 612. The number of benzene rings is 1. The number of nitrogens with one attached hydrogen (secondary N) is 1. The molecule has 2 aromatic rings. The lowest BCUT2D eigenvalue weighted by atomic mass is 9.94. The maximum Gasteiger partial charge on any atom is 0.138 e. The van der Waals surface area contributed by atoms with Gasteiger partial charge in [-0.25, -0.2) is 0 Å². The first-order valence-corrected chi connectivity index (χ1v) is 6.92. The van der Waals surface area contributed by atoms with Crippen molar-refractivity contribution in [3.63, 3.8) is 0 Å². The van der Waals surface area contributed by atoms with E-state index < -0.39 is 0 Å². The summed E-state index contributed by atoms with van der Waals surface area (Å²) in [6.07, 6.45) is 0. The smallest absolute Gasteiger partial charge is 0.138 e. The normalized spacial score (nSPS) is 19.7. The van der Waals surface area contributed by atoms with E-state index in [0.29, 0.717) is 0 Å². The van der Waals surface area contributed by atoms with Gasteiger partial charge in [0.1, 0.15) is 17.1 Å². The van der Waals surface area contributed by atoms with Crippen LogP contribution in [0.1, 0.15) is 42.5 Å². The largest absolute Gasteiger partial charge is 0.486 e. The van der Waals surface area contributed by atoms with Crippen molar-refractivity contribution in [1.29, 1.82) is 0 Å². The first kappa shape index (κ1) is 13.2. The molecule has 1 atom stereocenters. The van der Waals surface area contributed by atoms with Gasteiger partial charge in [0.25, 0.3) is 0 Å². The molecule has 1 aliphatic rings. The summed E-state index contributed by atoms with van der Waals surface area (Å²) >= 11 is 0. The Morgan fingerprint density at radius 3 is 2.70 bits per heavy atom. The van der Waals surface area contributed by atoms with Gasteiger partial charge in [-0.15, -0.1) is 0 Å². The van der Waals surface area contributed by atoms with Gasteiger partial charge in [-0.3, -0.25) is 0 Å². The Morgan fingerprint density at radius 2 is 2.00 bits per heavy atom. The second-order valence-corrected chi connectivity index (χ2v) is 5.86. The Balaban J connectivity index is 1.83. The van der Waals surface area contributed by atoms with Gasteiger partial charge in [-0.05, 0) is 33.8 Å². The number of aryl methyl sites for hydroxylation is 2. The zero-order chi connectivity index (χ0) is 14.3. The van der Waals surface area contributed by atoms with E-state index in [9.17, 15) is 0 Å². The molecule has 0 bridgehead atoms. The van der Waals surface area contributed by atoms with Gasteiger partial charge in [-0.2, -0.15) is 0 Å². The monoisotopic (exact) mass is 272 g/mol. The number of ether oxygens (including phenoxy) is 1. The average molecular weight is 272 g/mol. The highest BCUT2D eigenvalue weighted by molar-refractivity contribution is 5.42. The summed E-state index contributed by atoms with van der Waals surface area (Å²) in [5.41, 5.74) is 3.03. The van der Waals surface area contributed by atoms with Gasteiger partial charge >= 0.3 is 0 Å². The summed E-state index contributed by atoms with van der Waals surface area (Å²) in [4.78, 5) is 0. The molecule has 20 heavy (non-hydrogen) atoms. The molecule has 106 valence electrons. The standard InChI is InChI=1S/C16H20N2O2/c1-10-13(11(2)20-18-10)9-17-15-12-7-5-6-8-14(12)19-16(15,3)4/h5-8,15,17H,9H2,1-4H3. The summed E-state index contributed by atoms with van der Waals surface area (Å²) in [6, 6.07) is 8.36. The fourth-order valence-corrected chi connectivity index (χ4v) is 2.84. The Labute approximate surface area is 119 Å². The highest BCUT2D eigenvalue weighted by atomic mass is 16.5. The van der Waals surface area contributed by atoms with E-state index in [1.807, 2.05) is 32.0 Å². The lowest BCUT2D eigenvalue weighted by Crippen LogP contribution is -2.39. The molecule has 0 aliphatic carbocycles. The highest BCUT2D eigenvalue weighted by Gasteiger charge is 2.40. The Hall–Kier alpha value is -1.81. The second kappa shape index (κ2) is 4.63. The van der Waals surface area contributed by atoms with Gasteiger partial charge in [0.15, 0.2) is 0 Å². The predicted molar refractivity (Wildman–Crippen MR) is 76.7 cm³/mol. The molecule has 0 fully saturated rings. The van der Waals surface area contributed by atoms with Crippen molar-refractivity contribution in [3.05, 3.63) is 46.8 Å². The van der Waals surface area contributed by atoms with Crippen LogP contribution in [0.25, 0.3) is 0 Å². The maximum atomic E-state index is 6.04. The molecule has 0 amide bonds. The molecule has 4 heteroatoms. The topological polar surface area (TPSA) is 47.3 Å². The average Bonchev–Trinajstić information content (AvgIpc) is 2.84. The van der Waals surface area contributed by atoms with Gasteiger partial charge in [0.2, 0.25) is 0 Å². The van der Waals surface area contributed by atoms with E-state index in [1.165, 1.54) is 5.56 Å². The van der Waals surface area contributed by atoms with Crippen molar-refractivity contribution < 1.29 is 9.26 Å². The number of aromatic nitrogens is 1. The van der Waals surface area contributed by atoms with Crippen LogP contribution < -0.4 is 10.1 Å². The molecule has 4 nitrogen and oxygen atoms in total. The first-order chi connectivity index (χ1) is 9.49. The molecule has 1 unspecified atom stereocenters. The molecule has 0 saturated heterocycles. The number of hydrogen-bond acceptors (Lipinski definition) is 4. The fourth-order valence-electron chi connectivity index (χ4n) is 2.84. The number of nitrogens with zero attached hydrogens (tertiary/aromatic N) is 1. The molecular weight excluding hydrogens is 252 g/mol. The van der Waals surface area contributed by atoms with E-state index in [0.717, 1.165) is 29.3 Å². The predicted octanol–water partition coefficient (Wildman–Crippen LogP) is 3.29.